The zero-order chi connectivity index (χ0) is 17.4. The van der Waals surface area contributed by atoms with Crippen molar-refractivity contribution < 1.29 is 13.2 Å². The predicted octanol–water partition coefficient (Wildman–Crippen LogP) is 2.21. The Kier molecular flexibility index (Phi) is 5.38. The van der Waals surface area contributed by atoms with E-state index in [9.17, 15) is 8.42 Å². The minimum Gasteiger partial charge on any atom is -0.495 e. The third-order valence-corrected chi connectivity index (χ3v) is 6.61. The van der Waals surface area contributed by atoms with Gasteiger partial charge in [0.2, 0.25) is 10.0 Å². The fraction of sp³-hybridized carbons (Fsp3) is 0.647. The van der Waals surface area contributed by atoms with Crippen molar-refractivity contribution in [2.75, 3.05) is 34.3 Å². The Balaban J connectivity index is 2.40. The Morgan fingerprint density at radius 1 is 1.26 bits per heavy atom. The first-order valence-electron chi connectivity index (χ1n) is 7.99. The topological polar surface area (TPSA) is 49.9 Å². The van der Waals surface area contributed by atoms with E-state index in [2.05, 4.69) is 18.7 Å². The summed E-state index contributed by atoms with van der Waals surface area (Å²) in [5, 5.41) is 0. The summed E-state index contributed by atoms with van der Waals surface area (Å²) in [6, 6.07) is 5.52. The third kappa shape index (κ3) is 3.54. The molecule has 0 N–H and O–H groups in total. The molecule has 0 saturated carbocycles. The Bertz CT molecular complexity index is 640. The highest BCUT2D eigenvalue weighted by Crippen LogP contribution is 2.34. The lowest BCUT2D eigenvalue weighted by Gasteiger charge is -2.27. The van der Waals surface area contributed by atoms with Gasteiger partial charge in [0.05, 0.1) is 7.11 Å². The van der Waals surface area contributed by atoms with Gasteiger partial charge in [0.25, 0.3) is 0 Å². The van der Waals surface area contributed by atoms with Crippen molar-refractivity contribution >= 4 is 10.0 Å². The second kappa shape index (κ2) is 6.79. The maximum atomic E-state index is 13.1. The largest absolute Gasteiger partial charge is 0.495 e. The number of nitrogens with zero attached hydrogens (tertiary/aromatic N) is 2. The van der Waals surface area contributed by atoms with E-state index in [1.54, 1.807) is 16.4 Å². The maximum Gasteiger partial charge on any atom is 0.246 e. The quantitative estimate of drug-likeness (QED) is 0.825. The lowest BCUT2D eigenvalue weighted by atomic mass is 9.91. The van der Waals surface area contributed by atoms with Crippen molar-refractivity contribution in [1.29, 1.82) is 0 Å². The lowest BCUT2D eigenvalue weighted by molar-refractivity contribution is 0.216. The van der Waals surface area contributed by atoms with Crippen molar-refractivity contribution in [2.24, 2.45) is 11.8 Å². The number of rotatable bonds is 5. The average Bonchev–Trinajstić information content (AvgIpc) is 2.93. The third-order valence-electron chi connectivity index (χ3n) is 4.76. The van der Waals surface area contributed by atoms with Gasteiger partial charge in [-0.15, -0.1) is 0 Å². The normalized spacial score (nSPS) is 23.0. The lowest BCUT2D eigenvalue weighted by Crippen LogP contribution is -2.37. The second-order valence-corrected chi connectivity index (χ2v) is 8.82. The van der Waals surface area contributed by atoms with Gasteiger partial charge in [-0.2, -0.15) is 4.31 Å². The molecule has 5 nitrogen and oxygen atoms in total. The molecule has 2 unspecified atom stereocenters. The van der Waals surface area contributed by atoms with E-state index < -0.39 is 10.0 Å². The summed E-state index contributed by atoms with van der Waals surface area (Å²) < 4.78 is 33.1. The van der Waals surface area contributed by atoms with Crippen molar-refractivity contribution in [3.8, 4) is 5.75 Å². The number of benzene rings is 1. The Labute approximate surface area is 140 Å². The van der Waals surface area contributed by atoms with Gasteiger partial charge < -0.3 is 9.64 Å². The summed E-state index contributed by atoms with van der Waals surface area (Å²) >= 11 is 0. The Hall–Kier alpha value is -1.11. The molecular weight excluding hydrogens is 312 g/mol. The molecule has 1 aliphatic heterocycles. The van der Waals surface area contributed by atoms with Gasteiger partial charge in [-0.3, -0.25) is 0 Å². The summed E-state index contributed by atoms with van der Waals surface area (Å²) in [6.45, 7) is 7.28. The molecule has 1 saturated heterocycles. The van der Waals surface area contributed by atoms with Crippen LogP contribution in [0.15, 0.2) is 23.1 Å². The van der Waals surface area contributed by atoms with Gasteiger partial charge in [0, 0.05) is 19.1 Å². The molecule has 0 spiro atoms. The molecule has 0 aromatic heterocycles. The van der Waals surface area contributed by atoms with Crippen LogP contribution in [0.3, 0.4) is 0 Å². The first kappa shape index (κ1) is 18.2. The van der Waals surface area contributed by atoms with Gasteiger partial charge in [-0.05, 0) is 50.6 Å². The average molecular weight is 340 g/mol. The number of hydrogen-bond donors (Lipinski definition) is 0. The van der Waals surface area contributed by atoms with E-state index in [-0.39, 0.29) is 10.9 Å². The van der Waals surface area contributed by atoms with Gasteiger partial charge in [-0.25, -0.2) is 8.42 Å². The molecule has 0 aliphatic carbocycles. The summed E-state index contributed by atoms with van der Waals surface area (Å²) in [6.07, 6.45) is 0. The van der Waals surface area contributed by atoms with E-state index >= 15 is 0 Å². The van der Waals surface area contributed by atoms with Gasteiger partial charge in [-0.1, -0.05) is 19.9 Å². The smallest absolute Gasteiger partial charge is 0.246 e. The van der Waals surface area contributed by atoms with Crippen LogP contribution in [0, 0.1) is 18.8 Å². The first-order valence-corrected chi connectivity index (χ1v) is 9.43. The van der Waals surface area contributed by atoms with Crippen molar-refractivity contribution in [2.45, 2.75) is 31.7 Å². The van der Waals surface area contributed by atoms with E-state index in [1.165, 1.54) is 7.11 Å². The predicted molar refractivity (Wildman–Crippen MR) is 92.3 cm³/mol. The Morgan fingerprint density at radius 2 is 1.91 bits per heavy atom. The number of aryl methyl sites for hydroxylation is 1. The van der Waals surface area contributed by atoms with Crippen LogP contribution in [0.1, 0.15) is 19.4 Å². The monoisotopic (exact) mass is 340 g/mol. The van der Waals surface area contributed by atoms with Crippen LogP contribution in [-0.4, -0.2) is 58.0 Å². The molecule has 1 aliphatic rings. The highest BCUT2D eigenvalue weighted by atomic mass is 32.2. The molecule has 6 heteroatoms. The van der Waals surface area contributed by atoms with Crippen LogP contribution in [0.5, 0.6) is 5.75 Å². The molecule has 0 bridgehead atoms. The van der Waals surface area contributed by atoms with E-state index in [0.717, 1.165) is 5.56 Å². The zero-order valence-electron chi connectivity index (χ0n) is 14.9. The van der Waals surface area contributed by atoms with Crippen LogP contribution in [0.4, 0.5) is 0 Å². The molecule has 2 rings (SSSR count). The molecule has 0 radical (unpaired) electrons. The van der Waals surface area contributed by atoms with Crippen LogP contribution >= 0.6 is 0 Å². The van der Waals surface area contributed by atoms with Gasteiger partial charge in [0.1, 0.15) is 10.6 Å². The molecule has 130 valence electrons. The number of sulfonamides is 1. The zero-order valence-corrected chi connectivity index (χ0v) is 15.7. The summed E-state index contributed by atoms with van der Waals surface area (Å²) in [5.74, 6) is 1.17. The molecular formula is C17H28N2O3S. The second-order valence-electron chi connectivity index (χ2n) is 6.92. The van der Waals surface area contributed by atoms with Crippen LogP contribution < -0.4 is 4.74 Å². The summed E-state index contributed by atoms with van der Waals surface area (Å²) in [5.41, 5.74) is 0.910. The number of likely N-dealkylation sites (N-methyl/N-ethyl adjacent to an activating group) is 1. The first-order chi connectivity index (χ1) is 10.7. The van der Waals surface area contributed by atoms with Crippen molar-refractivity contribution in [3.05, 3.63) is 23.8 Å². The molecule has 2 atom stereocenters. The minimum absolute atomic E-state index is 0.237. The molecule has 0 amide bonds. The van der Waals surface area contributed by atoms with Crippen LogP contribution in [0.25, 0.3) is 0 Å². The van der Waals surface area contributed by atoms with E-state index in [1.807, 2.05) is 27.1 Å². The summed E-state index contributed by atoms with van der Waals surface area (Å²) in [7, 11) is 1.99. The minimum atomic E-state index is -3.56. The summed E-state index contributed by atoms with van der Waals surface area (Å²) in [4.78, 5) is 2.40. The highest BCUT2D eigenvalue weighted by Gasteiger charge is 2.42. The highest BCUT2D eigenvalue weighted by molar-refractivity contribution is 7.89. The van der Waals surface area contributed by atoms with E-state index in [0.29, 0.717) is 30.7 Å². The standard InChI is InChI=1S/C17H28N2O3S/c1-12(2)14-10-19(11-15(14)18(4)5)23(20,21)17-9-13(3)7-8-16(17)22-6/h7-9,12,14-15H,10-11H2,1-6H3. The van der Waals surface area contributed by atoms with Crippen molar-refractivity contribution in [1.82, 2.24) is 9.21 Å². The fourth-order valence-electron chi connectivity index (χ4n) is 3.30. The Morgan fingerprint density at radius 3 is 2.39 bits per heavy atom. The molecule has 1 fully saturated rings. The van der Waals surface area contributed by atoms with Crippen molar-refractivity contribution in [3.63, 3.8) is 0 Å². The van der Waals surface area contributed by atoms with Crippen LogP contribution in [0.2, 0.25) is 0 Å². The molecule has 1 aromatic carbocycles. The number of hydrogen-bond acceptors (Lipinski definition) is 4. The van der Waals surface area contributed by atoms with Gasteiger partial charge in [0.15, 0.2) is 0 Å². The number of ether oxygens (including phenoxy) is 1. The van der Waals surface area contributed by atoms with Gasteiger partial charge >= 0.3 is 0 Å². The number of methoxy groups -OCH3 is 1. The van der Waals surface area contributed by atoms with E-state index in [4.69, 9.17) is 4.74 Å². The maximum absolute atomic E-state index is 13.1. The molecule has 1 heterocycles. The molecule has 1 aromatic rings. The van der Waals surface area contributed by atoms with Crippen LogP contribution in [-0.2, 0) is 10.0 Å². The fourth-order valence-corrected chi connectivity index (χ4v) is 5.03. The molecule has 23 heavy (non-hydrogen) atoms. The SMILES string of the molecule is COc1ccc(C)cc1S(=O)(=O)N1CC(C(C)C)C(N(C)C)C1.